The minimum Gasteiger partial charge on any atom is -0.389 e. The van der Waals surface area contributed by atoms with E-state index in [4.69, 9.17) is 49.0 Å². The number of hydrogen-bond donors (Lipinski definition) is 4. The van der Waals surface area contributed by atoms with Crippen LogP contribution in [0.25, 0.3) is 0 Å². The molecule has 0 aliphatic carbocycles. The van der Waals surface area contributed by atoms with Crippen LogP contribution < -0.4 is 0 Å². The Kier molecular flexibility index (Phi) is 6.52. The normalized spacial score (nSPS) is 50.9. The Balaban J connectivity index is 2.19. The maximum atomic E-state index is 10.9. The van der Waals surface area contributed by atoms with Gasteiger partial charge in [-0.1, -0.05) is 0 Å². The molecule has 2 aliphatic rings. The van der Waals surface area contributed by atoms with Crippen molar-refractivity contribution < 1.29 is 39.4 Å². The van der Waals surface area contributed by atoms with Crippen LogP contribution in [0, 0.1) is 0 Å². The molecule has 2 aliphatic heterocycles. The van der Waals surface area contributed by atoms with Crippen LogP contribution in [0.5, 0.6) is 0 Å². The number of rotatable bonds is 5. The molecule has 8 nitrogen and oxygen atoms in total. The molecule has 11 heteroatoms. The molecule has 134 valence electrons. The summed E-state index contributed by atoms with van der Waals surface area (Å²) in [4.78, 5) is 10.9. The Morgan fingerprint density at radius 2 is 1.78 bits per heavy atom. The molecular weight excluding hydrogens is 378 g/mol. The second-order valence-electron chi connectivity index (χ2n) is 5.34. The lowest BCUT2D eigenvalue weighted by Gasteiger charge is -2.42. The van der Waals surface area contributed by atoms with Crippen molar-refractivity contribution in [2.24, 2.45) is 0 Å². The lowest BCUT2D eigenvalue weighted by molar-refractivity contribution is -0.352. The highest BCUT2D eigenvalue weighted by atomic mass is 35.5. The summed E-state index contributed by atoms with van der Waals surface area (Å²) in [6.07, 6.45) is -9.54. The summed E-state index contributed by atoms with van der Waals surface area (Å²) in [5.74, 6) is -2.51. The topological polar surface area (TPSA) is 126 Å². The zero-order valence-corrected chi connectivity index (χ0v) is 13.9. The average Bonchev–Trinajstić information content (AvgIpc) is 2.80. The van der Waals surface area contributed by atoms with Crippen molar-refractivity contribution in [1.29, 1.82) is 0 Å². The van der Waals surface area contributed by atoms with Crippen LogP contribution in [0.4, 0.5) is 0 Å². The number of aliphatic hydroxyl groups is 4. The van der Waals surface area contributed by atoms with Gasteiger partial charge in [-0.05, 0) is 0 Å². The first-order valence-electron chi connectivity index (χ1n) is 6.76. The number of aldehydes is 1. The fraction of sp³-hybridized carbons (Fsp3) is 0.917. The number of hydrogen-bond acceptors (Lipinski definition) is 8. The van der Waals surface area contributed by atoms with E-state index in [9.17, 15) is 25.2 Å². The van der Waals surface area contributed by atoms with E-state index >= 15 is 0 Å². The van der Waals surface area contributed by atoms with Crippen LogP contribution in [-0.4, -0.2) is 92.6 Å². The smallest absolute Gasteiger partial charge is 0.214 e. The Labute approximate surface area is 146 Å². The van der Waals surface area contributed by atoms with Crippen molar-refractivity contribution in [3.8, 4) is 0 Å². The number of carbonyl (C=O) groups is 1. The zero-order valence-electron chi connectivity index (χ0n) is 11.7. The Bertz CT molecular complexity index is 429. The standard InChI is InChI=1S/C12H17Cl3O8/c13-1-4-7(17)10(20)12(3-14,22-4)23-11-9(19)8(18)6(15)5(2-16)21-11/h2,4-11,17-20H,1,3H2/t4-,5-,6+,7-,8+,9-,10+,11-,12+/m1/s1. The van der Waals surface area contributed by atoms with Crippen LogP contribution in [0.2, 0.25) is 0 Å². The largest absolute Gasteiger partial charge is 0.389 e. The molecule has 2 rings (SSSR count). The van der Waals surface area contributed by atoms with E-state index in [1.54, 1.807) is 0 Å². The number of carbonyl (C=O) groups excluding carboxylic acids is 1. The number of halogens is 3. The summed E-state index contributed by atoms with van der Waals surface area (Å²) in [6.45, 7) is 0. The van der Waals surface area contributed by atoms with E-state index in [0.717, 1.165) is 0 Å². The molecule has 4 N–H and O–H groups in total. The molecule has 9 atom stereocenters. The maximum absolute atomic E-state index is 10.9. The summed E-state index contributed by atoms with van der Waals surface area (Å²) < 4.78 is 15.9. The number of aliphatic hydroxyl groups excluding tert-OH is 4. The van der Waals surface area contributed by atoms with Gasteiger partial charge in [-0.25, -0.2) is 0 Å². The maximum Gasteiger partial charge on any atom is 0.214 e. The van der Waals surface area contributed by atoms with Gasteiger partial charge in [-0.15, -0.1) is 34.8 Å². The SMILES string of the molecule is O=C[C@H]1O[C@H](O[C@]2(CCl)O[C@H](CCl)[C@@H](O)[C@@H]2O)[C@H](O)[C@@H](O)[C@H]1Cl. The molecule has 0 aromatic heterocycles. The van der Waals surface area contributed by atoms with Crippen LogP contribution in [-0.2, 0) is 19.0 Å². The van der Waals surface area contributed by atoms with Gasteiger partial charge in [0.15, 0.2) is 12.6 Å². The van der Waals surface area contributed by atoms with Crippen LogP contribution in [0.15, 0.2) is 0 Å². The highest BCUT2D eigenvalue weighted by molar-refractivity contribution is 6.22. The Morgan fingerprint density at radius 3 is 2.26 bits per heavy atom. The molecule has 0 aromatic carbocycles. The van der Waals surface area contributed by atoms with E-state index in [1.807, 2.05) is 0 Å². The Morgan fingerprint density at radius 1 is 1.13 bits per heavy atom. The monoisotopic (exact) mass is 394 g/mol. The summed E-state index contributed by atoms with van der Waals surface area (Å²) >= 11 is 17.2. The minimum atomic E-state index is -1.93. The molecule has 0 spiro atoms. The molecular formula is C12H17Cl3O8. The highest BCUT2D eigenvalue weighted by Gasteiger charge is 2.58. The van der Waals surface area contributed by atoms with Crippen molar-refractivity contribution >= 4 is 41.1 Å². The van der Waals surface area contributed by atoms with E-state index < -0.39 is 60.0 Å². The van der Waals surface area contributed by atoms with Gasteiger partial charge < -0.3 is 39.4 Å². The predicted octanol–water partition coefficient (Wildman–Crippen LogP) is -1.45. The fourth-order valence-electron chi connectivity index (χ4n) is 2.48. The third kappa shape index (κ3) is 3.48. The van der Waals surface area contributed by atoms with Crippen molar-refractivity contribution in [2.75, 3.05) is 11.8 Å². The summed E-state index contributed by atoms with van der Waals surface area (Å²) in [5.41, 5.74) is 0. The summed E-state index contributed by atoms with van der Waals surface area (Å²) in [5, 5.41) is 38.7. The molecule has 2 heterocycles. The highest BCUT2D eigenvalue weighted by Crippen LogP contribution is 2.37. The van der Waals surface area contributed by atoms with Gasteiger partial charge in [-0.3, -0.25) is 0 Å². The molecule has 2 fully saturated rings. The molecule has 23 heavy (non-hydrogen) atoms. The average molecular weight is 396 g/mol. The van der Waals surface area contributed by atoms with Crippen LogP contribution >= 0.6 is 34.8 Å². The Hall–Kier alpha value is 0.260. The number of alkyl halides is 3. The van der Waals surface area contributed by atoms with E-state index in [1.165, 1.54) is 0 Å². The van der Waals surface area contributed by atoms with Gasteiger partial charge in [0.2, 0.25) is 5.79 Å². The lowest BCUT2D eigenvalue weighted by atomic mass is 10.0. The van der Waals surface area contributed by atoms with Crippen LogP contribution in [0.1, 0.15) is 0 Å². The summed E-state index contributed by atoms with van der Waals surface area (Å²) in [6, 6.07) is 0. The predicted molar refractivity (Wildman–Crippen MR) is 78.5 cm³/mol. The first kappa shape index (κ1) is 19.6. The van der Waals surface area contributed by atoms with Crippen molar-refractivity contribution in [2.45, 2.75) is 54.1 Å². The molecule has 0 amide bonds. The van der Waals surface area contributed by atoms with E-state index in [-0.39, 0.29) is 5.88 Å². The third-order valence-corrected chi connectivity index (χ3v) is 5.04. The molecule has 0 unspecified atom stereocenters. The molecule has 2 saturated heterocycles. The van der Waals surface area contributed by atoms with Gasteiger partial charge >= 0.3 is 0 Å². The molecule has 0 radical (unpaired) electrons. The zero-order chi connectivity index (χ0) is 17.4. The van der Waals surface area contributed by atoms with E-state index in [2.05, 4.69) is 0 Å². The summed E-state index contributed by atoms with van der Waals surface area (Å²) in [7, 11) is 0. The van der Waals surface area contributed by atoms with Gasteiger partial charge in [0.1, 0.15) is 36.6 Å². The quantitative estimate of drug-likeness (QED) is 0.329. The number of ether oxygens (including phenoxy) is 3. The van der Waals surface area contributed by atoms with Gasteiger partial charge in [-0.2, -0.15) is 0 Å². The molecule has 0 bridgehead atoms. The third-order valence-electron chi connectivity index (χ3n) is 3.85. The van der Waals surface area contributed by atoms with Crippen molar-refractivity contribution in [1.82, 2.24) is 0 Å². The van der Waals surface area contributed by atoms with Crippen molar-refractivity contribution in [3.05, 3.63) is 0 Å². The molecule has 0 aromatic rings. The van der Waals surface area contributed by atoms with Crippen molar-refractivity contribution in [3.63, 3.8) is 0 Å². The lowest BCUT2D eigenvalue weighted by Crippen LogP contribution is -2.60. The van der Waals surface area contributed by atoms with Gasteiger partial charge in [0.05, 0.1) is 17.1 Å². The minimum absolute atomic E-state index is 0.141. The van der Waals surface area contributed by atoms with Gasteiger partial charge in [0.25, 0.3) is 0 Å². The second kappa shape index (κ2) is 7.65. The fourth-order valence-corrected chi connectivity index (χ4v) is 3.27. The second-order valence-corrected chi connectivity index (χ2v) is 6.42. The van der Waals surface area contributed by atoms with E-state index in [0.29, 0.717) is 6.29 Å². The first-order chi connectivity index (χ1) is 10.8. The van der Waals surface area contributed by atoms with Crippen LogP contribution in [0.3, 0.4) is 0 Å². The first-order valence-corrected chi connectivity index (χ1v) is 8.26. The van der Waals surface area contributed by atoms with Gasteiger partial charge in [0, 0.05) is 0 Å². The molecule has 0 saturated carbocycles.